The van der Waals surface area contributed by atoms with Crippen LogP contribution in [0.15, 0.2) is 0 Å². The number of hydrogen-bond donors (Lipinski definition) is 0. The third kappa shape index (κ3) is 1.70. The van der Waals surface area contributed by atoms with E-state index in [1.807, 2.05) is 0 Å². The number of rotatable bonds is 3. The van der Waals surface area contributed by atoms with Gasteiger partial charge < -0.3 is 9.64 Å². The van der Waals surface area contributed by atoms with Crippen molar-refractivity contribution < 1.29 is 4.74 Å². The molecule has 0 aromatic heterocycles. The molecule has 82 valence electrons. The maximum absolute atomic E-state index is 5.85. The van der Waals surface area contributed by atoms with E-state index in [0.29, 0.717) is 11.5 Å². The van der Waals surface area contributed by atoms with Gasteiger partial charge in [0.2, 0.25) is 0 Å². The summed E-state index contributed by atoms with van der Waals surface area (Å²) in [6, 6.07) is 0.807. The highest BCUT2D eigenvalue weighted by atomic mass is 16.5. The van der Waals surface area contributed by atoms with E-state index in [0.717, 1.165) is 12.6 Å². The van der Waals surface area contributed by atoms with Crippen LogP contribution in [0.2, 0.25) is 0 Å². The average molecular weight is 197 g/mol. The molecular formula is C12H23NO. The van der Waals surface area contributed by atoms with Gasteiger partial charge in [-0.1, -0.05) is 6.42 Å². The SMILES string of the molecule is CC(C)OCC12CCCC1N(C)CC2. The molecule has 2 nitrogen and oxygen atoms in total. The number of ether oxygens (including phenoxy) is 1. The summed E-state index contributed by atoms with van der Waals surface area (Å²) in [5.41, 5.74) is 0.513. The minimum atomic E-state index is 0.386. The van der Waals surface area contributed by atoms with Gasteiger partial charge in [0.25, 0.3) is 0 Å². The summed E-state index contributed by atoms with van der Waals surface area (Å²) >= 11 is 0. The highest BCUT2D eigenvalue weighted by Crippen LogP contribution is 2.48. The second-order valence-electron chi connectivity index (χ2n) is 5.36. The van der Waals surface area contributed by atoms with Crippen molar-refractivity contribution in [3.05, 3.63) is 0 Å². The van der Waals surface area contributed by atoms with Crippen LogP contribution in [0, 0.1) is 5.41 Å². The summed E-state index contributed by atoms with van der Waals surface area (Å²) in [6.07, 6.45) is 5.90. The van der Waals surface area contributed by atoms with E-state index >= 15 is 0 Å². The first kappa shape index (κ1) is 10.4. The Morgan fingerprint density at radius 1 is 1.43 bits per heavy atom. The van der Waals surface area contributed by atoms with Crippen molar-refractivity contribution in [3.8, 4) is 0 Å². The third-order valence-electron chi connectivity index (χ3n) is 4.06. The number of hydrogen-bond acceptors (Lipinski definition) is 2. The Bertz CT molecular complexity index is 204. The molecule has 2 aliphatic rings. The van der Waals surface area contributed by atoms with Crippen molar-refractivity contribution in [2.24, 2.45) is 5.41 Å². The summed E-state index contributed by atoms with van der Waals surface area (Å²) in [5.74, 6) is 0. The normalized spacial score (nSPS) is 38.1. The largest absolute Gasteiger partial charge is 0.378 e. The first-order valence-corrected chi connectivity index (χ1v) is 5.96. The van der Waals surface area contributed by atoms with E-state index < -0.39 is 0 Å². The summed E-state index contributed by atoms with van der Waals surface area (Å²) < 4.78 is 5.85. The van der Waals surface area contributed by atoms with Crippen molar-refractivity contribution >= 4 is 0 Å². The second kappa shape index (κ2) is 3.82. The summed E-state index contributed by atoms with van der Waals surface area (Å²) in [7, 11) is 2.27. The van der Waals surface area contributed by atoms with Crippen LogP contribution in [0.25, 0.3) is 0 Å². The van der Waals surface area contributed by atoms with Crippen LogP contribution in [0.4, 0.5) is 0 Å². The Labute approximate surface area is 87.6 Å². The molecule has 1 aliphatic carbocycles. The second-order valence-corrected chi connectivity index (χ2v) is 5.36. The molecule has 0 bridgehead atoms. The first-order chi connectivity index (χ1) is 6.64. The minimum Gasteiger partial charge on any atom is -0.378 e. The van der Waals surface area contributed by atoms with Crippen molar-refractivity contribution in [3.63, 3.8) is 0 Å². The zero-order chi connectivity index (χ0) is 10.2. The van der Waals surface area contributed by atoms with Gasteiger partial charge in [-0.2, -0.15) is 0 Å². The zero-order valence-electron chi connectivity index (χ0n) is 9.75. The monoisotopic (exact) mass is 197 g/mol. The highest BCUT2D eigenvalue weighted by Gasteiger charge is 2.49. The van der Waals surface area contributed by atoms with Crippen molar-refractivity contribution in [2.45, 2.75) is 51.7 Å². The molecule has 2 heteroatoms. The van der Waals surface area contributed by atoms with Crippen LogP contribution in [-0.4, -0.2) is 37.2 Å². The molecule has 0 radical (unpaired) electrons. The smallest absolute Gasteiger partial charge is 0.0541 e. The maximum atomic E-state index is 5.85. The minimum absolute atomic E-state index is 0.386. The number of fused-ring (bicyclic) bond motifs is 1. The molecule has 14 heavy (non-hydrogen) atoms. The van der Waals surface area contributed by atoms with E-state index in [-0.39, 0.29) is 0 Å². The van der Waals surface area contributed by atoms with Gasteiger partial charge in [-0.25, -0.2) is 0 Å². The van der Waals surface area contributed by atoms with Crippen molar-refractivity contribution in [1.29, 1.82) is 0 Å². The molecule has 0 N–H and O–H groups in total. The fourth-order valence-electron chi connectivity index (χ4n) is 3.23. The molecule has 0 aromatic rings. The van der Waals surface area contributed by atoms with E-state index in [2.05, 4.69) is 25.8 Å². The Kier molecular flexibility index (Phi) is 2.85. The number of nitrogens with zero attached hydrogens (tertiary/aromatic N) is 1. The molecule has 2 fully saturated rings. The van der Waals surface area contributed by atoms with Crippen LogP contribution in [-0.2, 0) is 4.74 Å². The molecule has 2 unspecified atom stereocenters. The molecular weight excluding hydrogens is 174 g/mol. The van der Waals surface area contributed by atoms with Gasteiger partial charge in [0.05, 0.1) is 12.7 Å². The number of likely N-dealkylation sites (tertiary alicyclic amines) is 1. The fraction of sp³-hybridized carbons (Fsp3) is 1.00. The Morgan fingerprint density at radius 2 is 2.21 bits per heavy atom. The van der Waals surface area contributed by atoms with Gasteiger partial charge in [-0.05, 0) is 46.7 Å². The molecule has 1 heterocycles. The van der Waals surface area contributed by atoms with Crippen LogP contribution < -0.4 is 0 Å². The quantitative estimate of drug-likeness (QED) is 0.688. The highest BCUT2D eigenvalue weighted by molar-refractivity contribution is 5.02. The molecule has 0 spiro atoms. The van der Waals surface area contributed by atoms with Crippen molar-refractivity contribution in [2.75, 3.05) is 20.2 Å². The standard InChI is InChI=1S/C12H23NO/c1-10(2)14-9-12-6-4-5-11(12)13(3)8-7-12/h10-11H,4-9H2,1-3H3. The molecule has 2 atom stereocenters. The van der Waals surface area contributed by atoms with E-state index in [1.165, 1.54) is 32.2 Å². The van der Waals surface area contributed by atoms with Gasteiger partial charge in [0.15, 0.2) is 0 Å². The lowest BCUT2D eigenvalue weighted by molar-refractivity contribution is 0.00158. The third-order valence-corrected chi connectivity index (χ3v) is 4.06. The average Bonchev–Trinajstić information content (AvgIpc) is 2.65. The summed E-state index contributed by atoms with van der Waals surface area (Å²) in [6.45, 7) is 6.53. The van der Waals surface area contributed by atoms with Crippen LogP contribution in [0.1, 0.15) is 39.5 Å². The van der Waals surface area contributed by atoms with E-state index in [1.54, 1.807) is 0 Å². The van der Waals surface area contributed by atoms with Gasteiger partial charge in [0, 0.05) is 11.5 Å². The Hall–Kier alpha value is -0.0800. The van der Waals surface area contributed by atoms with Gasteiger partial charge in [-0.3, -0.25) is 0 Å². The van der Waals surface area contributed by atoms with Crippen LogP contribution >= 0.6 is 0 Å². The lowest BCUT2D eigenvalue weighted by atomic mass is 9.83. The molecule has 1 saturated heterocycles. The molecule has 0 amide bonds. The fourth-order valence-corrected chi connectivity index (χ4v) is 3.23. The lowest BCUT2D eigenvalue weighted by Crippen LogP contribution is -2.37. The van der Waals surface area contributed by atoms with Gasteiger partial charge in [-0.15, -0.1) is 0 Å². The molecule has 0 aromatic carbocycles. The van der Waals surface area contributed by atoms with Crippen molar-refractivity contribution in [1.82, 2.24) is 4.90 Å². The Morgan fingerprint density at radius 3 is 2.93 bits per heavy atom. The van der Waals surface area contributed by atoms with Crippen LogP contribution in [0.5, 0.6) is 0 Å². The lowest BCUT2D eigenvalue weighted by Gasteiger charge is -2.31. The first-order valence-electron chi connectivity index (χ1n) is 5.96. The molecule has 1 saturated carbocycles. The topological polar surface area (TPSA) is 12.5 Å². The summed E-state index contributed by atoms with van der Waals surface area (Å²) in [4.78, 5) is 2.54. The zero-order valence-corrected chi connectivity index (χ0v) is 9.75. The predicted molar refractivity (Wildman–Crippen MR) is 58.4 cm³/mol. The molecule has 2 rings (SSSR count). The maximum Gasteiger partial charge on any atom is 0.0541 e. The van der Waals surface area contributed by atoms with Gasteiger partial charge in [0.1, 0.15) is 0 Å². The van der Waals surface area contributed by atoms with E-state index in [4.69, 9.17) is 4.74 Å². The van der Waals surface area contributed by atoms with Gasteiger partial charge >= 0.3 is 0 Å². The van der Waals surface area contributed by atoms with Crippen LogP contribution in [0.3, 0.4) is 0 Å². The summed E-state index contributed by atoms with van der Waals surface area (Å²) in [5, 5.41) is 0. The predicted octanol–water partition coefficient (Wildman–Crippen LogP) is 2.29. The Balaban J connectivity index is 1.99. The molecule has 1 aliphatic heterocycles. The van der Waals surface area contributed by atoms with E-state index in [9.17, 15) is 0 Å².